The molecule has 0 radical (unpaired) electrons. The Morgan fingerprint density at radius 1 is 1.53 bits per heavy atom. The highest BCUT2D eigenvalue weighted by molar-refractivity contribution is 5.25. The minimum absolute atomic E-state index is 0.0319. The summed E-state index contributed by atoms with van der Waals surface area (Å²) >= 11 is 0. The van der Waals surface area contributed by atoms with Crippen molar-refractivity contribution in [3.63, 3.8) is 0 Å². The molecule has 1 aliphatic rings. The first-order valence-electron chi connectivity index (χ1n) is 6.16. The zero-order chi connectivity index (χ0) is 12.3. The summed E-state index contributed by atoms with van der Waals surface area (Å²) < 4.78 is 5.25. The molecule has 4 nitrogen and oxygen atoms in total. The van der Waals surface area contributed by atoms with E-state index in [1.165, 1.54) is 0 Å². The van der Waals surface area contributed by atoms with Crippen LogP contribution in [0.1, 0.15) is 25.3 Å². The lowest BCUT2D eigenvalue weighted by Crippen LogP contribution is -2.66. The summed E-state index contributed by atoms with van der Waals surface area (Å²) in [6, 6.07) is 4.00. The fraction of sp³-hybridized carbons (Fsp3) is 0.615. The van der Waals surface area contributed by atoms with Crippen LogP contribution in [0.15, 0.2) is 18.3 Å². The van der Waals surface area contributed by atoms with Crippen molar-refractivity contribution >= 4 is 0 Å². The van der Waals surface area contributed by atoms with E-state index in [1.54, 1.807) is 13.3 Å². The highest BCUT2D eigenvalue weighted by Gasteiger charge is 2.38. The lowest BCUT2D eigenvalue weighted by atomic mass is 9.86. The van der Waals surface area contributed by atoms with Crippen LogP contribution in [0.25, 0.3) is 0 Å². The second kappa shape index (κ2) is 5.02. The summed E-state index contributed by atoms with van der Waals surface area (Å²) in [7, 11) is 1.66. The van der Waals surface area contributed by atoms with Crippen LogP contribution in [0.3, 0.4) is 0 Å². The number of methoxy groups -OCH3 is 1. The molecule has 1 aliphatic heterocycles. The van der Waals surface area contributed by atoms with Crippen molar-refractivity contribution in [3.8, 4) is 5.88 Å². The third kappa shape index (κ3) is 2.76. The molecule has 0 spiro atoms. The number of nitrogens with zero attached hydrogens (tertiary/aromatic N) is 2. The van der Waals surface area contributed by atoms with Gasteiger partial charge in [0.05, 0.1) is 7.11 Å². The summed E-state index contributed by atoms with van der Waals surface area (Å²) in [4.78, 5) is 6.54. The van der Waals surface area contributed by atoms with Crippen LogP contribution in [-0.2, 0) is 6.54 Å². The van der Waals surface area contributed by atoms with E-state index < -0.39 is 0 Å². The first-order valence-corrected chi connectivity index (χ1v) is 6.16. The molecule has 0 aromatic carbocycles. The van der Waals surface area contributed by atoms with Gasteiger partial charge < -0.3 is 10.5 Å². The molecular formula is C13H21N3O. The summed E-state index contributed by atoms with van der Waals surface area (Å²) in [5.41, 5.74) is 7.40. The van der Waals surface area contributed by atoms with Gasteiger partial charge in [-0.1, -0.05) is 19.4 Å². The van der Waals surface area contributed by atoms with E-state index in [-0.39, 0.29) is 5.54 Å². The molecule has 0 saturated carbocycles. The topological polar surface area (TPSA) is 51.4 Å². The molecule has 1 aromatic rings. The number of pyridine rings is 1. The molecule has 4 heteroatoms. The Bertz CT molecular complexity index is 375. The van der Waals surface area contributed by atoms with E-state index in [0.29, 0.717) is 0 Å². The predicted molar refractivity (Wildman–Crippen MR) is 67.9 cm³/mol. The molecular weight excluding hydrogens is 214 g/mol. The Hall–Kier alpha value is -1.13. The van der Waals surface area contributed by atoms with Crippen molar-refractivity contribution in [2.24, 2.45) is 5.73 Å². The summed E-state index contributed by atoms with van der Waals surface area (Å²) in [5, 5.41) is 0. The number of ether oxygens (including phenoxy) is 1. The number of rotatable bonds is 5. The van der Waals surface area contributed by atoms with Crippen LogP contribution < -0.4 is 10.5 Å². The lowest BCUT2D eigenvalue weighted by Gasteiger charge is -2.48. The van der Waals surface area contributed by atoms with Gasteiger partial charge in [0.25, 0.3) is 0 Å². The van der Waals surface area contributed by atoms with Gasteiger partial charge in [0.2, 0.25) is 5.88 Å². The monoisotopic (exact) mass is 235 g/mol. The van der Waals surface area contributed by atoms with Crippen molar-refractivity contribution < 1.29 is 4.74 Å². The van der Waals surface area contributed by atoms with Crippen molar-refractivity contribution in [3.05, 3.63) is 23.9 Å². The molecule has 17 heavy (non-hydrogen) atoms. The fourth-order valence-electron chi connectivity index (χ4n) is 2.58. The molecule has 1 fully saturated rings. The maximum atomic E-state index is 6.24. The van der Waals surface area contributed by atoms with Gasteiger partial charge in [0, 0.05) is 36.9 Å². The number of nitrogens with two attached hydrogens (primary N) is 1. The minimum atomic E-state index is 0.0319. The Morgan fingerprint density at radius 2 is 2.29 bits per heavy atom. The van der Waals surface area contributed by atoms with E-state index in [4.69, 9.17) is 10.5 Å². The second-order valence-corrected chi connectivity index (χ2v) is 4.93. The maximum absolute atomic E-state index is 6.24. The number of hydrogen-bond acceptors (Lipinski definition) is 4. The third-order valence-electron chi connectivity index (χ3n) is 3.26. The molecule has 0 aliphatic carbocycles. The highest BCUT2D eigenvalue weighted by Crippen LogP contribution is 2.26. The summed E-state index contributed by atoms with van der Waals surface area (Å²) in [6.07, 6.45) is 4.01. The van der Waals surface area contributed by atoms with E-state index >= 15 is 0 Å². The van der Waals surface area contributed by atoms with Crippen molar-refractivity contribution in [2.45, 2.75) is 31.8 Å². The normalized spacial score (nSPS) is 18.8. The quantitative estimate of drug-likeness (QED) is 0.838. The van der Waals surface area contributed by atoms with Gasteiger partial charge in [-0.2, -0.15) is 0 Å². The fourth-order valence-corrected chi connectivity index (χ4v) is 2.58. The first kappa shape index (κ1) is 12.3. The second-order valence-electron chi connectivity index (χ2n) is 4.93. The smallest absolute Gasteiger partial charge is 0.217 e. The van der Waals surface area contributed by atoms with Crippen LogP contribution in [-0.4, -0.2) is 35.6 Å². The predicted octanol–water partition coefficient (Wildman–Crippen LogP) is 1.40. The Morgan fingerprint density at radius 3 is 2.94 bits per heavy atom. The molecule has 0 unspecified atom stereocenters. The molecule has 94 valence electrons. The molecule has 0 amide bonds. The van der Waals surface area contributed by atoms with Crippen LogP contribution >= 0.6 is 0 Å². The van der Waals surface area contributed by atoms with Gasteiger partial charge in [-0.15, -0.1) is 0 Å². The molecule has 1 saturated heterocycles. The van der Waals surface area contributed by atoms with E-state index in [2.05, 4.69) is 22.9 Å². The average Bonchev–Trinajstić information content (AvgIpc) is 2.28. The maximum Gasteiger partial charge on any atom is 0.217 e. The van der Waals surface area contributed by atoms with Crippen LogP contribution in [0.5, 0.6) is 5.88 Å². The van der Waals surface area contributed by atoms with E-state index in [0.717, 1.165) is 43.9 Å². The SMILES string of the molecule is CCCC1(N)CN(Cc2cccnc2OC)C1. The minimum Gasteiger partial charge on any atom is -0.481 e. The van der Waals surface area contributed by atoms with Crippen molar-refractivity contribution in [1.29, 1.82) is 0 Å². The molecule has 1 aromatic heterocycles. The Kier molecular flexibility index (Phi) is 3.64. The van der Waals surface area contributed by atoms with Gasteiger partial charge in [-0.25, -0.2) is 4.98 Å². The van der Waals surface area contributed by atoms with Crippen LogP contribution in [0, 0.1) is 0 Å². The molecule has 2 N–H and O–H groups in total. The van der Waals surface area contributed by atoms with Crippen LogP contribution in [0.2, 0.25) is 0 Å². The number of aromatic nitrogens is 1. The van der Waals surface area contributed by atoms with Crippen LogP contribution in [0.4, 0.5) is 0 Å². The third-order valence-corrected chi connectivity index (χ3v) is 3.26. The molecule has 0 bridgehead atoms. The largest absolute Gasteiger partial charge is 0.481 e. The molecule has 0 atom stereocenters. The number of likely N-dealkylation sites (tertiary alicyclic amines) is 1. The Labute approximate surface area is 103 Å². The van der Waals surface area contributed by atoms with Crippen molar-refractivity contribution in [2.75, 3.05) is 20.2 Å². The van der Waals surface area contributed by atoms with Gasteiger partial charge in [0.15, 0.2) is 0 Å². The molecule has 2 rings (SSSR count). The van der Waals surface area contributed by atoms with E-state index in [9.17, 15) is 0 Å². The average molecular weight is 235 g/mol. The zero-order valence-electron chi connectivity index (χ0n) is 10.6. The van der Waals surface area contributed by atoms with Crippen molar-refractivity contribution in [1.82, 2.24) is 9.88 Å². The van der Waals surface area contributed by atoms with Gasteiger partial charge in [-0.05, 0) is 12.5 Å². The summed E-state index contributed by atoms with van der Waals surface area (Å²) in [6.45, 7) is 5.00. The lowest BCUT2D eigenvalue weighted by molar-refractivity contribution is 0.0559. The Balaban J connectivity index is 1.91. The number of hydrogen-bond donors (Lipinski definition) is 1. The van der Waals surface area contributed by atoms with Gasteiger partial charge in [-0.3, -0.25) is 4.90 Å². The molecule has 2 heterocycles. The first-order chi connectivity index (χ1) is 8.17. The summed E-state index contributed by atoms with van der Waals surface area (Å²) in [5.74, 6) is 0.720. The van der Waals surface area contributed by atoms with Gasteiger partial charge in [0.1, 0.15) is 0 Å². The standard InChI is InChI=1S/C13H21N3O/c1-3-6-13(14)9-16(10-13)8-11-5-4-7-15-12(11)17-2/h4-5,7H,3,6,8-10,14H2,1-2H3. The van der Waals surface area contributed by atoms with E-state index in [1.807, 2.05) is 6.07 Å². The zero-order valence-corrected chi connectivity index (χ0v) is 10.6. The van der Waals surface area contributed by atoms with Gasteiger partial charge >= 0.3 is 0 Å². The highest BCUT2D eigenvalue weighted by atomic mass is 16.5.